The van der Waals surface area contributed by atoms with E-state index < -0.39 is 33.8 Å². The van der Waals surface area contributed by atoms with E-state index in [1.807, 2.05) is 0 Å². The zero-order valence-corrected chi connectivity index (χ0v) is 8.69. The lowest BCUT2D eigenvalue weighted by Gasteiger charge is -2.12. The van der Waals surface area contributed by atoms with Crippen LogP contribution in [0.3, 0.4) is 0 Å². The minimum atomic E-state index is -5.09. The van der Waals surface area contributed by atoms with Gasteiger partial charge in [0.1, 0.15) is 10.7 Å². The highest BCUT2D eigenvalue weighted by atomic mass is 35.5. The van der Waals surface area contributed by atoms with Crippen molar-refractivity contribution in [1.29, 1.82) is 0 Å². The molecule has 0 radical (unpaired) electrons. The van der Waals surface area contributed by atoms with Gasteiger partial charge >= 0.3 is 6.36 Å². The van der Waals surface area contributed by atoms with Crippen LogP contribution < -0.4 is 4.74 Å². The van der Waals surface area contributed by atoms with Crippen LogP contribution in [-0.2, 0) is 0 Å². The average molecular weight is 276 g/mol. The summed E-state index contributed by atoms with van der Waals surface area (Å²) in [6.07, 6.45) is -4.49. The van der Waals surface area contributed by atoms with E-state index in [2.05, 4.69) is 9.72 Å². The van der Waals surface area contributed by atoms with E-state index in [4.69, 9.17) is 28.3 Å². The Hall–Kier alpha value is -1.21. The monoisotopic (exact) mass is 275 g/mol. The van der Waals surface area contributed by atoms with E-state index in [1.165, 1.54) is 0 Å². The molecule has 0 saturated heterocycles. The summed E-state index contributed by atoms with van der Waals surface area (Å²) >= 11 is 10.3. The molecular weight excluding hydrogens is 274 g/mol. The number of carbonyl (C=O) groups is 1. The number of hydrogen-bond donors (Lipinski definition) is 1. The molecule has 88 valence electrons. The Balaban J connectivity index is 3.35. The van der Waals surface area contributed by atoms with Gasteiger partial charge in [0.15, 0.2) is 11.5 Å². The van der Waals surface area contributed by atoms with Gasteiger partial charge in [0.2, 0.25) is 0 Å². The fourth-order valence-electron chi connectivity index (χ4n) is 0.852. The average Bonchev–Trinajstić information content (AvgIpc) is 2.08. The van der Waals surface area contributed by atoms with Gasteiger partial charge in [0.25, 0.3) is 5.24 Å². The lowest BCUT2D eigenvalue weighted by atomic mass is 10.2. The SMILES string of the molecule is O=C(Cl)c1c(Cl)ncc(O)c1OC(F)(F)F. The summed E-state index contributed by atoms with van der Waals surface area (Å²) in [6.45, 7) is 0. The van der Waals surface area contributed by atoms with E-state index >= 15 is 0 Å². The minimum Gasteiger partial charge on any atom is -0.503 e. The van der Waals surface area contributed by atoms with Gasteiger partial charge in [0, 0.05) is 0 Å². The zero-order chi connectivity index (χ0) is 12.5. The first-order chi connectivity index (χ1) is 7.22. The Bertz CT molecular complexity index is 436. The number of hydrogen-bond acceptors (Lipinski definition) is 4. The van der Waals surface area contributed by atoms with Gasteiger partial charge in [-0.2, -0.15) is 0 Å². The number of carbonyl (C=O) groups excluding carboxylic acids is 1. The summed E-state index contributed by atoms with van der Waals surface area (Å²) < 4.78 is 39.3. The van der Waals surface area contributed by atoms with Gasteiger partial charge in [-0.3, -0.25) is 4.79 Å². The summed E-state index contributed by atoms with van der Waals surface area (Å²) in [5.74, 6) is -2.17. The fourth-order valence-corrected chi connectivity index (χ4v) is 1.30. The molecule has 0 atom stereocenters. The Labute approximate surface area is 96.6 Å². The van der Waals surface area contributed by atoms with Crippen LogP contribution in [0.25, 0.3) is 0 Å². The van der Waals surface area contributed by atoms with Crippen LogP contribution in [0.2, 0.25) is 5.15 Å². The Morgan fingerprint density at radius 1 is 1.50 bits per heavy atom. The highest BCUT2D eigenvalue weighted by Crippen LogP contribution is 2.37. The molecular formula is C7H2Cl2F3NO3. The van der Waals surface area contributed by atoms with Crippen LogP contribution in [0.5, 0.6) is 11.5 Å². The molecule has 4 nitrogen and oxygen atoms in total. The van der Waals surface area contributed by atoms with Crippen molar-refractivity contribution in [2.75, 3.05) is 0 Å². The molecule has 0 saturated carbocycles. The fraction of sp³-hybridized carbons (Fsp3) is 0.143. The normalized spacial score (nSPS) is 11.3. The molecule has 0 fully saturated rings. The maximum atomic E-state index is 11.9. The highest BCUT2D eigenvalue weighted by Gasteiger charge is 2.35. The molecule has 16 heavy (non-hydrogen) atoms. The number of aromatic nitrogens is 1. The lowest BCUT2D eigenvalue weighted by molar-refractivity contribution is -0.275. The number of alkyl halides is 3. The van der Waals surface area contributed by atoms with Crippen molar-refractivity contribution in [3.05, 3.63) is 16.9 Å². The molecule has 1 heterocycles. The predicted octanol–water partition coefficient (Wildman–Crippen LogP) is 2.72. The van der Waals surface area contributed by atoms with Crippen molar-refractivity contribution >= 4 is 28.4 Å². The van der Waals surface area contributed by atoms with Crippen molar-refractivity contribution in [3.8, 4) is 11.5 Å². The molecule has 0 spiro atoms. The molecule has 1 aromatic heterocycles. The summed E-state index contributed by atoms with van der Waals surface area (Å²) in [5, 5.41) is 7.14. The number of aromatic hydroxyl groups is 1. The molecule has 0 aromatic carbocycles. The van der Waals surface area contributed by atoms with Crippen molar-refractivity contribution < 1.29 is 27.8 Å². The molecule has 0 unspecified atom stereocenters. The molecule has 1 rings (SSSR count). The second kappa shape index (κ2) is 4.34. The first-order valence-electron chi connectivity index (χ1n) is 3.55. The highest BCUT2D eigenvalue weighted by molar-refractivity contribution is 6.69. The van der Waals surface area contributed by atoms with Crippen molar-refractivity contribution in [2.45, 2.75) is 6.36 Å². The van der Waals surface area contributed by atoms with Crippen LogP contribution in [-0.4, -0.2) is 21.7 Å². The van der Waals surface area contributed by atoms with Crippen LogP contribution in [0, 0.1) is 0 Å². The summed E-state index contributed by atoms with van der Waals surface area (Å²) in [5.41, 5.74) is -0.847. The third kappa shape index (κ3) is 2.89. The molecule has 0 bridgehead atoms. The second-order valence-corrected chi connectivity index (χ2v) is 3.16. The van der Waals surface area contributed by atoms with Gasteiger partial charge in [-0.15, -0.1) is 13.2 Å². The second-order valence-electron chi connectivity index (χ2n) is 2.46. The molecule has 9 heteroatoms. The molecule has 0 aliphatic carbocycles. The van der Waals surface area contributed by atoms with Gasteiger partial charge < -0.3 is 9.84 Å². The van der Waals surface area contributed by atoms with Crippen LogP contribution in [0.4, 0.5) is 13.2 Å². The number of halogens is 5. The summed E-state index contributed by atoms with van der Waals surface area (Å²) in [7, 11) is 0. The summed E-state index contributed by atoms with van der Waals surface area (Å²) in [4.78, 5) is 14.1. The smallest absolute Gasteiger partial charge is 0.503 e. The minimum absolute atomic E-state index is 0.600. The largest absolute Gasteiger partial charge is 0.573 e. The van der Waals surface area contributed by atoms with Crippen LogP contribution in [0.1, 0.15) is 10.4 Å². The Morgan fingerprint density at radius 2 is 2.06 bits per heavy atom. The molecule has 0 amide bonds. The van der Waals surface area contributed by atoms with E-state index in [-0.39, 0.29) is 0 Å². The number of ether oxygens (including phenoxy) is 1. The number of pyridine rings is 1. The first-order valence-corrected chi connectivity index (χ1v) is 4.31. The van der Waals surface area contributed by atoms with Crippen molar-refractivity contribution in [2.24, 2.45) is 0 Å². The first kappa shape index (κ1) is 12.9. The van der Waals surface area contributed by atoms with E-state index in [1.54, 1.807) is 0 Å². The standard InChI is InChI=1S/C7H2Cl2F3NO3/c8-5-3(6(9)15)4(2(14)1-13-5)16-7(10,11)12/h1,14H. The molecule has 0 aliphatic heterocycles. The lowest BCUT2D eigenvalue weighted by Crippen LogP contribution is -2.19. The third-order valence-electron chi connectivity index (χ3n) is 1.38. The van der Waals surface area contributed by atoms with Crippen molar-refractivity contribution in [1.82, 2.24) is 4.98 Å². The maximum absolute atomic E-state index is 11.9. The van der Waals surface area contributed by atoms with Crippen molar-refractivity contribution in [3.63, 3.8) is 0 Å². The quantitative estimate of drug-likeness (QED) is 0.666. The van der Waals surface area contributed by atoms with Gasteiger partial charge in [-0.1, -0.05) is 11.6 Å². The molecule has 1 N–H and O–H groups in total. The van der Waals surface area contributed by atoms with Gasteiger partial charge in [0.05, 0.1) is 6.20 Å². The predicted molar refractivity (Wildman–Crippen MR) is 47.8 cm³/mol. The van der Waals surface area contributed by atoms with E-state index in [0.29, 0.717) is 6.20 Å². The van der Waals surface area contributed by atoms with Gasteiger partial charge in [-0.25, -0.2) is 4.98 Å². The summed E-state index contributed by atoms with van der Waals surface area (Å²) in [6, 6.07) is 0. The topological polar surface area (TPSA) is 59.4 Å². The van der Waals surface area contributed by atoms with Gasteiger partial charge in [-0.05, 0) is 11.6 Å². The van der Waals surface area contributed by atoms with E-state index in [9.17, 15) is 18.0 Å². The number of nitrogens with zero attached hydrogens (tertiary/aromatic N) is 1. The molecule has 0 aliphatic rings. The number of rotatable bonds is 2. The van der Waals surface area contributed by atoms with E-state index in [0.717, 1.165) is 0 Å². The Kier molecular flexibility index (Phi) is 3.49. The third-order valence-corrected chi connectivity index (χ3v) is 1.86. The zero-order valence-electron chi connectivity index (χ0n) is 7.18. The maximum Gasteiger partial charge on any atom is 0.573 e. The van der Waals surface area contributed by atoms with Crippen LogP contribution in [0.15, 0.2) is 6.20 Å². The van der Waals surface area contributed by atoms with Crippen LogP contribution >= 0.6 is 23.2 Å². The molecule has 1 aromatic rings. The Morgan fingerprint density at radius 3 is 2.50 bits per heavy atom.